The Hall–Kier alpha value is -2.00. The van der Waals surface area contributed by atoms with Crippen LogP contribution in [0.2, 0.25) is 0 Å². The molecule has 2 aromatic rings. The molecule has 1 fully saturated rings. The van der Waals surface area contributed by atoms with Crippen molar-refractivity contribution in [1.29, 1.82) is 0 Å². The minimum absolute atomic E-state index is 0.332. The van der Waals surface area contributed by atoms with Crippen LogP contribution in [0.25, 0.3) is 0 Å². The minimum Gasteiger partial charge on any atom is -0.508 e. The van der Waals surface area contributed by atoms with Gasteiger partial charge in [-0.15, -0.1) is 0 Å². The molecule has 0 spiro atoms. The molecule has 3 unspecified atom stereocenters. The molecule has 3 heteroatoms. The Balaban J connectivity index is 1.88. The summed E-state index contributed by atoms with van der Waals surface area (Å²) >= 11 is 0. The molecule has 0 saturated carbocycles. The van der Waals surface area contributed by atoms with Gasteiger partial charge in [0.05, 0.1) is 0 Å². The third-order valence-electron chi connectivity index (χ3n) is 5.35. The van der Waals surface area contributed by atoms with Gasteiger partial charge in [0.2, 0.25) is 0 Å². The summed E-state index contributed by atoms with van der Waals surface area (Å²) in [5.41, 5.74) is 10.7. The first-order valence-corrected chi connectivity index (χ1v) is 8.03. The second kappa shape index (κ2) is 5.03. The second-order valence-electron chi connectivity index (χ2n) is 6.69. The number of phenols is 1. The van der Waals surface area contributed by atoms with Gasteiger partial charge in [-0.3, -0.25) is 4.90 Å². The van der Waals surface area contributed by atoms with E-state index in [2.05, 4.69) is 30.1 Å². The molecular weight excluding hydrogens is 272 g/mol. The van der Waals surface area contributed by atoms with Gasteiger partial charge in [0, 0.05) is 17.6 Å². The number of fused-ring (bicyclic) bond motifs is 3. The number of benzene rings is 2. The molecule has 4 rings (SSSR count). The molecule has 2 aliphatic rings. The highest BCUT2D eigenvalue weighted by Crippen LogP contribution is 2.54. The van der Waals surface area contributed by atoms with Crippen LogP contribution in [0.4, 0.5) is 5.69 Å². The van der Waals surface area contributed by atoms with Crippen molar-refractivity contribution in [3.05, 3.63) is 59.2 Å². The number of phenolic OH excluding ortho intramolecular Hbond substituents is 1. The Morgan fingerprint density at radius 3 is 2.82 bits per heavy atom. The van der Waals surface area contributed by atoms with Gasteiger partial charge in [0.1, 0.15) is 5.75 Å². The lowest BCUT2D eigenvalue weighted by Crippen LogP contribution is -2.34. The fraction of sp³-hybridized carbons (Fsp3) is 0.368. The maximum Gasteiger partial charge on any atom is 0.115 e. The number of hydrogen-bond donors (Lipinski definition) is 2. The van der Waals surface area contributed by atoms with E-state index in [-0.39, 0.29) is 0 Å². The van der Waals surface area contributed by atoms with Gasteiger partial charge in [-0.1, -0.05) is 18.2 Å². The number of piperidine rings is 1. The number of aromatic hydroxyl groups is 1. The largest absolute Gasteiger partial charge is 0.508 e. The van der Waals surface area contributed by atoms with E-state index in [1.807, 2.05) is 24.3 Å². The Kier molecular flexibility index (Phi) is 3.12. The molecule has 2 aromatic carbocycles. The molecule has 22 heavy (non-hydrogen) atoms. The highest BCUT2D eigenvalue weighted by atomic mass is 16.3. The van der Waals surface area contributed by atoms with Crippen LogP contribution >= 0.6 is 0 Å². The zero-order chi connectivity index (χ0) is 15.3. The van der Waals surface area contributed by atoms with E-state index in [4.69, 9.17) is 5.73 Å². The SMILES string of the molecule is CN1CCCC2C(c3cccc(N)c3)c3cc(O)ccc3C21. The van der Waals surface area contributed by atoms with Crippen molar-refractivity contribution < 1.29 is 5.11 Å². The highest BCUT2D eigenvalue weighted by Gasteiger charge is 2.44. The van der Waals surface area contributed by atoms with Crippen LogP contribution in [0.1, 0.15) is 41.5 Å². The normalized spacial score (nSPS) is 27.4. The average molecular weight is 294 g/mol. The zero-order valence-corrected chi connectivity index (χ0v) is 12.9. The third kappa shape index (κ3) is 2.00. The van der Waals surface area contributed by atoms with Gasteiger partial charge in [-0.2, -0.15) is 0 Å². The van der Waals surface area contributed by atoms with Crippen molar-refractivity contribution in [3.63, 3.8) is 0 Å². The predicted molar refractivity (Wildman–Crippen MR) is 88.9 cm³/mol. The second-order valence-corrected chi connectivity index (χ2v) is 6.69. The van der Waals surface area contributed by atoms with E-state index in [1.165, 1.54) is 29.5 Å². The minimum atomic E-state index is 0.332. The first-order valence-electron chi connectivity index (χ1n) is 8.03. The molecule has 0 radical (unpaired) electrons. The quantitative estimate of drug-likeness (QED) is 0.791. The number of nitrogens with two attached hydrogens (primary N) is 1. The molecule has 3 nitrogen and oxygen atoms in total. The molecule has 3 atom stereocenters. The maximum atomic E-state index is 9.98. The van der Waals surface area contributed by atoms with E-state index in [9.17, 15) is 5.11 Å². The summed E-state index contributed by atoms with van der Waals surface area (Å²) in [7, 11) is 2.22. The molecule has 0 amide bonds. The van der Waals surface area contributed by atoms with Crippen molar-refractivity contribution in [2.75, 3.05) is 19.3 Å². The third-order valence-corrected chi connectivity index (χ3v) is 5.35. The van der Waals surface area contributed by atoms with E-state index in [0.717, 1.165) is 12.2 Å². The smallest absolute Gasteiger partial charge is 0.115 e. The number of nitrogens with zero attached hydrogens (tertiary/aromatic N) is 1. The number of nitrogen functional groups attached to an aromatic ring is 1. The summed E-state index contributed by atoms with van der Waals surface area (Å²) in [6.07, 6.45) is 2.46. The lowest BCUT2D eigenvalue weighted by Gasteiger charge is -2.37. The predicted octanol–water partition coefficient (Wildman–Crippen LogP) is 3.50. The lowest BCUT2D eigenvalue weighted by molar-refractivity contribution is 0.127. The zero-order valence-electron chi connectivity index (χ0n) is 12.9. The van der Waals surface area contributed by atoms with Crippen molar-refractivity contribution in [3.8, 4) is 5.75 Å². The number of rotatable bonds is 1. The highest BCUT2D eigenvalue weighted by molar-refractivity contribution is 5.52. The first-order chi connectivity index (χ1) is 10.6. The van der Waals surface area contributed by atoms with Gasteiger partial charge in [0.25, 0.3) is 0 Å². The van der Waals surface area contributed by atoms with Crippen LogP contribution in [-0.4, -0.2) is 23.6 Å². The van der Waals surface area contributed by atoms with E-state index in [0.29, 0.717) is 23.6 Å². The molecule has 3 N–H and O–H groups in total. The summed E-state index contributed by atoms with van der Waals surface area (Å²) in [6.45, 7) is 1.14. The summed E-state index contributed by atoms with van der Waals surface area (Å²) in [5.74, 6) is 1.25. The Morgan fingerprint density at radius 1 is 1.14 bits per heavy atom. The average Bonchev–Trinajstić information content (AvgIpc) is 2.81. The van der Waals surface area contributed by atoms with Gasteiger partial charge in [-0.05, 0) is 73.3 Å². The maximum absolute atomic E-state index is 9.98. The van der Waals surface area contributed by atoms with Crippen LogP contribution < -0.4 is 5.73 Å². The van der Waals surface area contributed by atoms with Crippen molar-refractivity contribution in [2.45, 2.75) is 24.8 Å². The van der Waals surface area contributed by atoms with Gasteiger partial charge in [-0.25, -0.2) is 0 Å². The fourth-order valence-electron chi connectivity index (χ4n) is 4.53. The van der Waals surface area contributed by atoms with Crippen LogP contribution in [0.15, 0.2) is 42.5 Å². The Morgan fingerprint density at radius 2 is 2.00 bits per heavy atom. The summed E-state index contributed by atoms with van der Waals surface area (Å²) < 4.78 is 0. The molecule has 1 aliphatic heterocycles. The number of likely N-dealkylation sites (tertiary alicyclic amines) is 1. The van der Waals surface area contributed by atoms with Gasteiger partial charge < -0.3 is 10.8 Å². The summed E-state index contributed by atoms with van der Waals surface area (Å²) in [5, 5.41) is 9.98. The molecule has 0 bridgehead atoms. The number of anilines is 1. The Labute approximate surface area is 131 Å². The topological polar surface area (TPSA) is 49.5 Å². The van der Waals surface area contributed by atoms with Crippen LogP contribution in [0.3, 0.4) is 0 Å². The van der Waals surface area contributed by atoms with Gasteiger partial charge >= 0.3 is 0 Å². The van der Waals surface area contributed by atoms with Crippen molar-refractivity contribution in [1.82, 2.24) is 4.90 Å². The molecule has 1 saturated heterocycles. The van der Waals surface area contributed by atoms with Crippen molar-refractivity contribution >= 4 is 5.69 Å². The first kappa shape index (κ1) is 13.6. The van der Waals surface area contributed by atoms with Crippen molar-refractivity contribution in [2.24, 2.45) is 5.92 Å². The van der Waals surface area contributed by atoms with E-state index < -0.39 is 0 Å². The molecule has 1 heterocycles. The summed E-state index contributed by atoms with van der Waals surface area (Å²) in [6, 6.07) is 14.6. The van der Waals surface area contributed by atoms with E-state index in [1.54, 1.807) is 0 Å². The molecule has 0 aromatic heterocycles. The van der Waals surface area contributed by atoms with Crippen LogP contribution in [0.5, 0.6) is 5.75 Å². The Bertz CT molecular complexity index is 712. The number of hydrogen-bond acceptors (Lipinski definition) is 3. The molecule has 114 valence electrons. The molecule has 1 aliphatic carbocycles. The standard InChI is InChI=1S/C19H22N2O/c1-21-9-3-6-16-18(12-4-2-5-13(20)10-12)17-11-14(22)7-8-15(17)19(16)21/h2,4-5,7-8,10-11,16,18-19,22H,3,6,9,20H2,1H3. The van der Waals surface area contributed by atoms with Crippen LogP contribution in [-0.2, 0) is 0 Å². The van der Waals surface area contributed by atoms with E-state index >= 15 is 0 Å². The summed E-state index contributed by atoms with van der Waals surface area (Å²) in [4.78, 5) is 2.47. The van der Waals surface area contributed by atoms with Gasteiger partial charge in [0.15, 0.2) is 0 Å². The monoisotopic (exact) mass is 294 g/mol. The fourth-order valence-corrected chi connectivity index (χ4v) is 4.53. The lowest BCUT2D eigenvalue weighted by atomic mass is 9.80. The van der Waals surface area contributed by atoms with Crippen LogP contribution in [0, 0.1) is 5.92 Å². The molecular formula is C19H22N2O.